The van der Waals surface area contributed by atoms with Crippen molar-refractivity contribution in [3.63, 3.8) is 0 Å². The summed E-state index contributed by atoms with van der Waals surface area (Å²) in [5, 5.41) is 6.22. The molecule has 1 amide bonds. The second-order valence-electron chi connectivity index (χ2n) is 6.74. The standard InChI is InChI=1S/C22H24N4O/c1-14-9-10-19(16(3)11-14)26-22(27)20-12-21(25-17(4)24-20)23-13-18-8-6-5-7-15(18)2/h5-12H,13H2,1-4H3,(H,26,27)(H,23,24,25). The van der Waals surface area contributed by atoms with Crippen molar-refractivity contribution in [3.8, 4) is 0 Å². The minimum absolute atomic E-state index is 0.244. The van der Waals surface area contributed by atoms with Crippen LogP contribution in [0, 0.1) is 27.7 Å². The number of carbonyl (C=O) groups excluding carboxylic acids is 1. The summed E-state index contributed by atoms with van der Waals surface area (Å²) in [6.45, 7) is 8.50. The molecule has 0 atom stereocenters. The average Bonchev–Trinajstić information content (AvgIpc) is 2.63. The van der Waals surface area contributed by atoms with Gasteiger partial charge in [0.05, 0.1) is 0 Å². The lowest BCUT2D eigenvalue weighted by Gasteiger charge is -2.12. The highest BCUT2D eigenvalue weighted by Gasteiger charge is 2.12. The van der Waals surface area contributed by atoms with Gasteiger partial charge in [0.2, 0.25) is 0 Å². The van der Waals surface area contributed by atoms with Gasteiger partial charge in [-0.15, -0.1) is 0 Å². The van der Waals surface area contributed by atoms with Crippen LogP contribution in [0.2, 0.25) is 0 Å². The largest absolute Gasteiger partial charge is 0.366 e. The molecule has 0 saturated heterocycles. The van der Waals surface area contributed by atoms with Gasteiger partial charge in [0.15, 0.2) is 0 Å². The molecule has 2 aromatic carbocycles. The van der Waals surface area contributed by atoms with Crippen molar-refractivity contribution in [2.45, 2.75) is 34.2 Å². The van der Waals surface area contributed by atoms with Crippen LogP contribution in [-0.4, -0.2) is 15.9 Å². The normalized spacial score (nSPS) is 10.5. The number of aromatic nitrogens is 2. The first-order valence-electron chi connectivity index (χ1n) is 8.95. The molecule has 0 bridgehead atoms. The number of nitrogens with zero attached hydrogens (tertiary/aromatic N) is 2. The fraction of sp³-hybridized carbons (Fsp3) is 0.227. The van der Waals surface area contributed by atoms with E-state index >= 15 is 0 Å². The van der Waals surface area contributed by atoms with Crippen LogP contribution in [0.25, 0.3) is 0 Å². The van der Waals surface area contributed by atoms with Gasteiger partial charge in [0, 0.05) is 18.3 Å². The molecule has 0 spiro atoms. The van der Waals surface area contributed by atoms with E-state index in [0.29, 0.717) is 23.9 Å². The van der Waals surface area contributed by atoms with E-state index in [2.05, 4.69) is 39.7 Å². The van der Waals surface area contributed by atoms with Gasteiger partial charge < -0.3 is 10.6 Å². The zero-order valence-corrected chi connectivity index (χ0v) is 16.1. The van der Waals surface area contributed by atoms with Crippen molar-refractivity contribution in [1.29, 1.82) is 0 Å². The fourth-order valence-corrected chi connectivity index (χ4v) is 2.91. The molecular formula is C22H24N4O. The van der Waals surface area contributed by atoms with Gasteiger partial charge in [-0.05, 0) is 50.5 Å². The Hall–Kier alpha value is -3.21. The smallest absolute Gasteiger partial charge is 0.274 e. The number of hydrogen-bond donors (Lipinski definition) is 2. The number of hydrogen-bond acceptors (Lipinski definition) is 4. The number of carbonyl (C=O) groups is 1. The lowest BCUT2D eigenvalue weighted by Crippen LogP contribution is -2.16. The lowest BCUT2D eigenvalue weighted by atomic mass is 10.1. The van der Waals surface area contributed by atoms with Gasteiger partial charge in [0.25, 0.3) is 5.91 Å². The highest BCUT2D eigenvalue weighted by molar-refractivity contribution is 6.03. The summed E-state index contributed by atoms with van der Waals surface area (Å²) in [6.07, 6.45) is 0. The molecule has 0 fully saturated rings. The van der Waals surface area contributed by atoms with Crippen LogP contribution >= 0.6 is 0 Å². The van der Waals surface area contributed by atoms with Crippen LogP contribution in [0.5, 0.6) is 0 Å². The molecule has 1 aromatic heterocycles. The summed E-state index contributed by atoms with van der Waals surface area (Å²) < 4.78 is 0. The highest BCUT2D eigenvalue weighted by atomic mass is 16.1. The maximum absolute atomic E-state index is 12.7. The first-order valence-corrected chi connectivity index (χ1v) is 8.95. The van der Waals surface area contributed by atoms with E-state index in [4.69, 9.17) is 0 Å². The monoisotopic (exact) mass is 360 g/mol. The number of aryl methyl sites for hydroxylation is 4. The van der Waals surface area contributed by atoms with Crippen molar-refractivity contribution in [2.75, 3.05) is 10.6 Å². The molecule has 1 heterocycles. The predicted molar refractivity (Wildman–Crippen MR) is 109 cm³/mol. The maximum Gasteiger partial charge on any atom is 0.274 e. The Morgan fingerprint density at radius 3 is 2.44 bits per heavy atom. The maximum atomic E-state index is 12.7. The third-order valence-electron chi connectivity index (χ3n) is 4.42. The second-order valence-corrected chi connectivity index (χ2v) is 6.74. The lowest BCUT2D eigenvalue weighted by molar-refractivity contribution is 0.102. The van der Waals surface area contributed by atoms with E-state index in [-0.39, 0.29) is 5.91 Å². The van der Waals surface area contributed by atoms with Crippen LogP contribution in [-0.2, 0) is 6.54 Å². The van der Waals surface area contributed by atoms with E-state index in [9.17, 15) is 4.79 Å². The number of amides is 1. The minimum atomic E-state index is -0.244. The summed E-state index contributed by atoms with van der Waals surface area (Å²) in [4.78, 5) is 21.3. The number of rotatable bonds is 5. The third-order valence-corrected chi connectivity index (χ3v) is 4.42. The minimum Gasteiger partial charge on any atom is -0.366 e. The fourth-order valence-electron chi connectivity index (χ4n) is 2.91. The van der Waals surface area contributed by atoms with E-state index in [1.807, 2.05) is 44.2 Å². The summed E-state index contributed by atoms with van der Waals surface area (Å²) in [7, 11) is 0. The van der Waals surface area contributed by atoms with Crippen LogP contribution in [0.3, 0.4) is 0 Å². The Morgan fingerprint density at radius 2 is 1.70 bits per heavy atom. The van der Waals surface area contributed by atoms with Crippen molar-refractivity contribution >= 4 is 17.4 Å². The molecule has 0 aliphatic heterocycles. The summed E-state index contributed by atoms with van der Waals surface area (Å²) in [5.41, 5.74) is 5.71. The summed E-state index contributed by atoms with van der Waals surface area (Å²) >= 11 is 0. The zero-order valence-electron chi connectivity index (χ0n) is 16.1. The molecular weight excluding hydrogens is 336 g/mol. The molecule has 0 aliphatic carbocycles. The third kappa shape index (κ3) is 4.70. The molecule has 0 saturated carbocycles. The van der Waals surface area contributed by atoms with Crippen LogP contribution in [0.1, 0.15) is 38.6 Å². The molecule has 3 rings (SSSR count). The van der Waals surface area contributed by atoms with Crippen molar-refractivity contribution < 1.29 is 4.79 Å². The van der Waals surface area contributed by atoms with Crippen LogP contribution in [0.15, 0.2) is 48.5 Å². The van der Waals surface area contributed by atoms with Crippen molar-refractivity contribution in [2.24, 2.45) is 0 Å². The second kappa shape index (κ2) is 7.99. The Balaban J connectivity index is 1.76. The summed E-state index contributed by atoms with van der Waals surface area (Å²) in [6, 6.07) is 15.8. The zero-order chi connectivity index (χ0) is 19.4. The molecule has 3 aromatic rings. The molecule has 27 heavy (non-hydrogen) atoms. The van der Waals surface area contributed by atoms with Gasteiger partial charge in [-0.3, -0.25) is 4.79 Å². The molecule has 5 heteroatoms. The topological polar surface area (TPSA) is 66.9 Å². The van der Waals surface area contributed by atoms with Gasteiger partial charge in [0.1, 0.15) is 17.3 Å². The van der Waals surface area contributed by atoms with E-state index in [0.717, 1.165) is 16.8 Å². The molecule has 5 nitrogen and oxygen atoms in total. The van der Waals surface area contributed by atoms with Crippen LogP contribution < -0.4 is 10.6 Å². The predicted octanol–water partition coefficient (Wildman–Crippen LogP) is 4.57. The van der Waals surface area contributed by atoms with Gasteiger partial charge in [-0.2, -0.15) is 0 Å². The number of nitrogens with one attached hydrogen (secondary N) is 2. The van der Waals surface area contributed by atoms with E-state index < -0.39 is 0 Å². The Bertz CT molecular complexity index is 982. The van der Waals surface area contributed by atoms with Crippen LogP contribution in [0.4, 0.5) is 11.5 Å². The van der Waals surface area contributed by atoms with Crippen molar-refractivity contribution in [3.05, 3.63) is 82.3 Å². The first kappa shape index (κ1) is 18.6. The highest BCUT2D eigenvalue weighted by Crippen LogP contribution is 2.18. The van der Waals surface area contributed by atoms with Gasteiger partial charge in [-0.25, -0.2) is 9.97 Å². The molecule has 138 valence electrons. The quantitative estimate of drug-likeness (QED) is 0.699. The Kier molecular flexibility index (Phi) is 5.50. The van der Waals surface area contributed by atoms with E-state index in [1.54, 1.807) is 13.0 Å². The SMILES string of the molecule is Cc1ccc(NC(=O)c2cc(NCc3ccccc3C)nc(C)n2)c(C)c1. The molecule has 0 aliphatic rings. The Morgan fingerprint density at radius 1 is 0.926 bits per heavy atom. The first-order chi connectivity index (χ1) is 12.9. The number of benzene rings is 2. The average molecular weight is 360 g/mol. The Labute approximate surface area is 159 Å². The summed E-state index contributed by atoms with van der Waals surface area (Å²) in [5.74, 6) is 0.943. The number of anilines is 2. The van der Waals surface area contributed by atoms with Gasteiger partial charge in [-0.1, -0.05) is 42.0 Å². The van der Waals surface area contributed by atoms with Crippen molar-refractivity contribution in [1.82, 2.24) is 9.97 Å². The van der Waals surface area contributed by atoms with Gasteiger partial charge >= 0.3 is 0 Å². The van der Waals surface area contributed by atoms with E-state index in [1.165, 1.54) is 11.1 Å². The molecule has 0 unspecified atom stereocenters. The molecule has 2 N–H and O–H groups in total. The molecule has 0 radical (unpaired) electrons.